The van der Waals surface area contributed by atoms with Crippen LogP contribution in [-0.2, 0) is 17.6 Å². The Kier molecular flexibility index (Phi) is 7.36. The van der Waals surface area contributed by atoms with Crippen LogP contribution in [0.3, 0.4) is 0 Å². The summed E-state index contributed by atoms with van der Waals surface area (Å²) in [6.45, 7) is 0. The Morgan fingerprint density at radius 3 is 2.40 bits per heavy atom. The molecule has 3 aromatic rings. The molecule has 156 valence electrons. The second-order valence-corrected chi connectivity index (χ2v) is 8.99. The number of hydrogen-bond donors (Lipinski definition) is 4. The van der Waals surface area contributed by atoms with Gasteiger partial charge in [-0.3, -0.25) is 9.59 Å². The SMILES string of the molecule is N[C@@H](Cc1cc(I)c(Oc2ccc(O)c(Cc3ccc(=O)[nH]c3)c2)c(I)c1)C(=O)O. The number of aromatic amines is 1. The molecule has 2 aromatic carbocycles. The van der Waals surface area contributed by atoms with E-state index < -0.39 is 12.0 Å². The maximum Gasteiger partial charge on any atom is 0.320 e. The van der Waals surface area contributed by atoms with E-state index >= 15 is 0 Å². The number of ether oxygens (including phenoxy) is 1. The lowest BCUT2D eigenvalue weighted by molar-refractivity contribution is -0.138. The number of phenolic OH excluding ortho intramolecular Hbond substituents is 1. The van der Waals surface area contributed by atoms with Crippen molar-refractivity contribution in [2.24, 2.45) is 5.73 Å². The van der Waals surface area contributed by atoms with Gasteiger partial charge >= 0.3 is 5.97 Å². The molecule has 7 nitrogen and oxygen atoms in total. The highest BCUT2D eigenvalue weighted by atomic mass is 127. The van der Waals surface area contributed by atoms with Crippen molar-refractivity contribution in [2.45, 2.75) is 18.9 Å². The van der Waals surface area contributed by atoms with Crippen LogP contribution in [0.15, 0.2) is 53.5 Å². The number of nitrogens with two attached hydrogens (primary N) is 1. The van der Waals surface area contributed by atoms with Crippen molar-refractivity contribution < 1.29 is 19.7 Å². The average Bonchev–Trinajstić information content (AvgIpc) is 2.68. The third kappa shape index (κ3) is 5.73. The molecule has 0 aliphatic heterocycles. The number of H-pyrrole nitrogens is 1. The van der Waals surface area contributed by atoms with E-state index in [1.165, 1.54) is 6.07 Å². The Morgan fingerprint density at radius 1 is 1.10 bits per heavy atom. The predicted octanol–water partition coefficient (Wildman–Crippen LogP) is 3.63. The minimum atomic E-state index is -1.04. The molecule has 0 saturated carbocycles. The number of nitrogens with one attached hydrogen (secondary N) is 1. The van der Waals surface area contributed by atoms with Crippen molar-refractivity contribution in [3.63, 3.8) is 0 Å². The minimum Gasteiger partial charge on any atom is -0.508 e. The predicted molar refractivity (Wildman–Crippen MR) is 129 cm³/mol. The number of phenols is 1. The van der Waals surface area contributed by atoms with Crippen LogP contribution in [0.2, 0.25) is 0 Å². The van der Waals surface area contributed by atoms with Gasteiger partial charge in [-0.05, 0) is 93.1 Å². The van der Waals surface area contributed by atoms with Crippen LogP contribution in [0.4, 0.5) is 0 Å². The van der Waals surface area contributed by atoms with E-state index in [9.17, 15) is 14.7 Å². The highest BCUT2D eigenvalue weighted by Gasteiger charge is 2.16. The molecule has 0 amide bonds. The number of carboxylic acids is 1. The van der Waals surface area contributed by atoms with Crippen LogP contribution in [0, 0.1) is 7.14 Å². The monoisotopic (exact) mass is 632 g/mol. The molecule has 3 rings (SSSR count). The van der Waals surface area contributed by atoms with Crippen molar-refractivity contribution >= 4 is 51.2 Å². The number of aromatic nitrogens is 1. The summed E-state index contributed by atoms with van der Waals surface area (Å²) in [5, 5.41) is 19.2. The first-order chi connectivity index (χ1) is 14.2. The molecule has 0 aliphatic carbocycles. The fourth-order valence-corrected chi connectivity index (χ4v) is 4.94. The number of pyridine rings is 1. The number of carboxylic acid groups (broad SMARTS) is 1. The van der Waals surface area contributed by atoms with Gasteiger partial charge in [0.2, 0.25) is 5.56 Å². The smallest absolute Gasteiger partial charge is 0.320 e. The van der Waals surface area contributed by atoms with E-state index in [0.29, 0.717) is 23.5 Å². The summed E-state index contributed by atoms with van der Waals surface area (Å²) in [5.41, 5.74) is 7.78. The number of hydrogen-bond acceptors (Lipinski definition) is 5. The molecule has 1 aromatic heterocycles. The quantitative estimate of drug-likeness (QED) is 0.295. The molecule has 9 heteroatoms. The molecule has 0 bridgehead atoms. The third-order valence-electron chi connectivity index (χ3n) is 4.34. The highest BCUT2D eigenvalue weighted by Crippen LogP contribution is 2.35. The number of aliphatic carboxylic acids is 1. The fourth-order valence-electron chi connectivity index (χ4n) is 2.83. The molecule has 0 radical (unpaired) electrons. The van der Waals surface area contributed by atoms with Crippen molar-refractivity contribution in [1.29, 1.82) is 0 Å². The van der Waals surface area contributed by atoms with E-state index in [2.05, 4.69) is 50.2 Å². The standard InChI is InChI=1S/C21H18I2N2O5/c22-15-6-12(8-17(24)21(28)29)7-16(23)20(15)30-14-2-3-18(26)13(9-14)5-11-1-4-19(27)25-10-11/h1-4,6-7,9-10,17,26H,5,8,24H2,(H,25,27)(H,28,29)/t17-/m0/s1. The minimum absolute atomic E-state index is 0.135. The number of aromatic hydroxyl groups is 1. The van der Waals surface area contributed by atoms with Crippen molar-refractivity contribution in [2.75, 3.05) is 0 Å². The maximum absolute atomic E-state index is 11.2. The normalized spacial score (nSPS) is 11.8. The lowest BCUT2D eigenvalue weighted by Crippen LogP contribution is -2.32. The number of halogens is 2. The fraction of sp³-hybridized carbons (Fsp3) is 0.143. The third-order valence-corrected chi connectivity index (χ3v) is 5.95. The van der Waals surface area contributed by atoms with E-state index in [0.717, 1.165) is 18.3 Å². The van der Waals surface area contributed by atoms with Gasteiger partial charge in [-0.2, -0.15) is 0 Å². The Morgan fingerprint density at radius 2 is 1.80 bits per heavy atom. The molecule has 30 heavy (non-hydrogen) atoms. The average molecular weight is 632 g/mol. The molecule has 1 heterocycles. The Balaban J connectivity index is 1.83. The summed E-state index contributed by atoms with van der Waals surface area (Å²) in [6.07, 6.45) is 2.27. The second kappa shape index (κ2) is 9.79. The summed E-state index contributed by atoms with van der Waals surface area (Å²) in [5.74, 6) is 0.290. The number of rotatable bonds is 7. The summed E-state index contributed by atoms with van der Waals surface area (Å²) >= 11 is 4.28. The van der Waals surface area contributed by atoms with E-state index in [1.54, 1.807) is 30.5 Å². The van der Waals surface area contributed by atoms with Crippen LogP contribution in [-0.4, -0.2) is 27.2 Å². The topological polar surface area (TPSA) is 126 Å². The molecule has 0 spiro atoms. The van der Waals surface area contributed by atoms with Crippen LogP contribution in [0.25, 0.3) is 0 Å². The largest absolute Gasteiger partial charge is 0.508 e. The van der Waals surface area contributed by atoms with E-state index in [4.69, 9.17) is 15.6 Å². The van der Waals surface area contributed by atoms with Gasteiger partial charge in [0.1, 0.15) is 17.5 Å². The van der Waals surface area contributed by atoms with Gasteiger partial charge in [0.05, 0.1) is 7.14 Å². The maximum atomic E-state index is 11.2. The summed E-state index contributed by atoms with van der Waals surface area (Å²) in [6, 6.07) is 10.9. The van der Waals surface area contributed by atoms with Gasteiger partial charge in [0.15, 0.2) is 5.75 Å². The molecule has 0 aliphatic rings. The van der Waals surface area contributed by atoms with Crippen LogP contribution in [0.1, 0.15) is 16.7 Å². The molecule has 0 fully saturated rings. The zero-order valence-corrected chi connectivity index (χ0v) is 19.9. The molecule has 0 saturated heterocycles. The summed E-state index contributed by atoms with van der Waals surface area (Å²) in [7, 11) is 0. The zero-order valence-electron chi connectivity index (χ0n) is 15.6. The Hall–Kier alpha value is -2.12. The van der Waals surface area contributed by atoms with Crippen LogP contribution in [0.5, 0.6) is 17.2 Å². The van der Waals surface area contributed by atoms with Gasteiger partial charge in [-0.15, -0.1) is 0 Å². The van der Waals surface area contributed by atoms with E-state index in [-0.39, 0.29) is 17.7 Å². The molecule has 0 unspecified atom stereocenters. The molecule has 5 N–H and O–H groups in total. The van der Waals surface area contributed by atoms with Crippen LogP contribution >= 0.6 is 45.2 Å². The highest BCUT2D eigenvalue weighted by molar-refractivity contribution is 14.1. The first-order valence-electron chi connectivity index (χ1n) is 8.86. The van der Waals surface area contributed by atoms with Gasteiger partial charge in [-0.1, -0.05) is 6.07 Å². The zero-order chi connectivity index (χ0) is 21.8. The van der Waals surface area contributed by atoms with Crippen molar-refractivity contribution in [1.82, 2.24) is 4.98 Å². The van der Waals surface area contributed by atoms with Gasteiger partial charge in [-0.25, -0.2) is 0 Å². The lowest BCUT2D eigenvalue weighted by atomic mass is 10.1. The summed E-state index contributed by atoms with van der Waals surface area (Å²) < 4.78 is 7.71. The van der Waals surface area contributed by atoms with E-state index in [1.807, 2.05) is 12.1 Å². The molecule has 1 atom stereocenters. The van der Waals surface area contributed by atoms with Crippen LogP contribution < -0.4 is 16.0 Å². The second-order valence-electron chi connectivity index (χ2n) is 6.67. The van der Waals surface area contributed by atoms with Gasteiger partial charge < -0.3 is 25.7 Å². The Bertz CT molecular complexity index is 1100. The lowest BCUT2D eigenvalue weighted by Gasteiger charge is -2.14. The number of benzene rings is 2. The molecular weight excluding hydrogens is 614 g/mol. The number of carbonyl (C=O) groups is 1. The molecular formula is C21H18I2N2O5. The first kappa shape index (κ1) is 22.6. The Labute approximate surface area is 199 Å². The first-order valence-corrected chi connectivity index (χ1v) is 11.0. The van der Waals surface area contributed by atoms with Gasteiger partial charge in [0.25, 0.3) is 0 Å². The van der Waals surface area contributed by atoms with Crippen molar-refractivity contribution in [3.05, 3.63) is 82.8 Å². The van der Waals surface area contributed by atoms with Gasteiger partial charge in [0, 0.05) is 24.2 Å². The summed E-state index contributed by atoms with van der Waals surface area (Å²) in [4.78, 5) is 24.8. The van der Waals surface area contributed by atoms with Crippen molar-refractivity contribution in [3.8, 4) is 17.2 Å².